The van der Waals surface area contributed by atoms with Crippen LogP contribution in [0.1, 0.15) is 0 Å². The Balaban J connectivity index is 3.32. The van der Waals surface area contributed by atoms with Gasteiger partial charge in [0.25, 0.3) is 5.56 Å². The van der Waals surface area contributed by atoms with Crippen LogP contribution < -0.4 is 5.56 Å². The Morgan fingerprint density at radius 3 is 2.78 bits per heavy atom. The van der Waals surface area contributed by atoms with Crippen LogP contribution in [-0.4, -0.2) is 10.1 Å². The molecular formula is C6H5NOS. The van der Waals surface area contributed by atoms with E-state index in [9.17, 15) is 4.79 Å². The lowest BCUT2D eigenvalue weighted by molar-refractivity contribution is 1.10. The lowest BCUT2D eigenvalue weighted by Gasteiger charge is -1.90. The highest BCUT2D eigenvalue weighted by atomic mass is 32.1. The Hall–Kier alpha value is -0.960. The van der Waals surface area contributed by atoms with Gasteiger partial charge in [-0.25, -0.2) is 0 Å². The molecule has 0 aromatic carbocycles. The van der Waals surface area contributed by atoms with Gasteiger partial charge >= 0.3 is 0 Å². The van der Waals surface area contributed by atoms with Crippen LogP contribution >= 0.6 is 12.2 Å². The summed E-state index contributed by atoms with van der Waals surface area (Å²) in [6, 6.07) is 4.89. The molecule has 0 spiro atoms. The molecule has 0 N–H and O–H groups in total. The van der Waals surface area contributed by atoms with Crippen LogP contribution in [0.15, 0.2) is 29.2 Å². The van der Waals surface area contributed by atoms with Gasteiger partial charge in [-0.3, -0.25) is 9.36 Å². The average molecular weight is 139 g/mol. The summed E-state index contributed by atoms with van der Waals surface area (Å²) in [6.45, 7) is 0. The molecular weight excluding hydrogens is 134 g/mol. The molecule has 3 heteroatoms. The quantitative estimate of drug-likeness (QED) is 0.533. The summed E-state index contributed by atoms with van der Waals surface area (Å²) in [6.07, 6.45) is 1.62. The molecule has 1 rings (SSSR count). The summed E-state index contributed by atoms with van der Waals surface area (Å²) in [5.41, 5.74) is 1.22. The molecule has 46 valence electrons. The molecule has 1 heterocycles. The van der Waals surface area contributed by atoms with E-state index in [-0.39, 0.29) is 5.56 Å². The van der Waals surface area contributed by atoms with Gasteiger partial charge in [-0.15, -0.1) is 0 Å². The molecule has 0 aliphatic heterocycles. The van der Waals surface area contributed by atoms with Crippen LogP contribution in [0, 0.1) is 0 Å². The lowest BCUT2D eigenvalue weighted by Crippen LogP contribution is -2.15. The fourth-order valence-corrected chi connectivity index (χ4v) is 0.701. The third-order valence-corrected chi connectivity index (χ3v) is 1.19. The van der Waals surface area contributed by atoms with Crippen molar-refractivity contribution >= 4 is 17.7 Å². The van der Waals surface area contributed by atoms with Crippen molar-refractivity contribution in [1.82, 2.24) is 4.57 Å². The second-order valence-corrected chi connectivity index (χ2v) is 1.76. The summed E-state index contributed by atoms with van der Waals surface area (Å²) < 4.78 is 1.34. The van der Waals surface area contributed by atoms with Crippen LogP contribution in [-0.2, 0) is 0 Å². The molecule has 0 atom stereocenters. The molecule has 0 bridgehead atoms. The summed E-state index contributed by atoms with van der Waals surface area (Å²) in [4.78, 5) is 10.7. The first kappa shape index (κ1) is 6.16. The number of hydrogen-bond donors (Lipinski definition) is 0. The topological polar surface area (TPSA) is 22.0 Å². The van der Waals surface area contributed by atoms with E-state index in [1.807, 2.05) is 0 Å². The number of rotatable bonds is 1. The molecule has 0 amide bonds. The van der Waals surface area contributed by atoms with Crippen LogP contribution in [0.5, 0.6) is 0 Å². The van der Waals surface area contributed by atoms with Crippen molar-refractivity contribution < 1.29 is 0 Å². The third-order valence-electron chi connectivity index (χ3n) is 0.965. The largest absolute Gasteiger partial charge is 0.281 e. The summed E-state index contributed by atoms with van der Waals surface area (Å²) in [5, 5.41) is 0. The minimum absolute atomic E-state index is 0.0903. The van der Waals surface area contributed by atoms with Crippen LogP contribution in [0.2, 0.25) is 0 Å². The Labute approximate surface area is 57.7 Å². The predicted molar refractivity (Wildman–Crippen MR) is 39.8 cm³/mol. The average Bonchev–Trinajstić information content (AvgIpc) is 1.89. The highest BCUT2D eigenvalue weighted by Crippen LogP contribution is 1.75. The zero-order chi connectivity index (χ0) is 6.69. The SMILES string of the molecule is O=c1ccccn1C=S. The van der Waals surface area contributed by atoms with E-state index in [2.05, 4.69) is 12.2 Å². The number of pyridine rings is 1. The van der Waals surface area contributed by atoms with Crippen molar-refractivity contribution in [3.63, 3.8) is 0 Å². The van der Waals surface area contributed by atoms with Gasteiger partial charge in [0.05, 0.1) is 5.49 Å². The Morgan fingerprint density at radius 2 is 2.33 bits per heavy atom. The molecule has 0 fully saturated rings. The first-order chi connectivity index (χ1) is 4.34. The molecule has 1 aromatic heterocycles. The standard InChI is InChI=1S/C6H5NOS/c8-6-3-1-2-4-7(6)5-9/h1-5H. The minimum Gasteiger partial charge on any atom is -0.281 e. The molecule has 0 aliphatic rings. The number of thiocarbonyl (C=S) groups is 1. The monoisotopic (exact) mass is 139 g/mol. The van der Waals surface area contributed by atoms with Crippen molar-refractivity contribution in [2.45, 2.75) is 0 Å². The van der Waals surface area contributed by atoms with E-state index in [0.29, 0.717) is 0 Å². The van der Waals surface area contributed by atoms with E-state index >= 15 is 0 Å². The van der Waals surface area contributed by atoms with E-state index in [1.165, 1.54) is 16.1 Å². The maximum absolute atomic E-state index is 10.7. The van der Waals surface area contributed by atoms with Gasteiger partial charge in [0, 0.05) is 12.3 Å². The van der Waals surface area contributed by atoms with E-state index in [0.717, 1.165) is 0 Å². The maximum Gasteiger partial charge on any atom is 0.255 e. The van der Waals surface area contributed by atoms with Crippen molar-refractivity contribution in [2.75, 3.05) is 0 Å². The van der Waals surface area contributed by atoms with Crippen molar-refractivity contribution in [3.8, 4) is 0 Å². The fourth-order valence-electron chi connectivity index (χ4n) is 0.527. The number of aromatic nitrogens is 1. The summed E-state index contributed by atoms with van der Waals surface area (Å²) >= 11 is 4.54. The van der Waals surface area contributed by atoms with Gasteiger partial charge < -0.3 is 0 Å². The zero-order valence-corrected chi connectivity index (χ0v) is 5.47. The second kappa shape index (κ2) is 2.55. The van der Waals surface area contributed by atoms with Crippen LogP contribution in [0.25, 0.3) is 0 Å². The van der Waals surface area contributed by atoms with E-state index in [1.54, 1.807) is 18.3 Å². The molecule has 1 aromatic rings. The molecule has 9 heavy (non-hydrogen) atoms. The fraction of sp³-hybridized carbons (Fsp3) is 0. The maximum atomic E-state index is 10.7. The highest BCUT2D eigenvalue weighted by molar-refractivity contribution is 7.78. The Bertz CT molecular complexity index is 266. The van der Waals surface area contributed by atoms with Gasteiger partial charge in [-0.1, -0.05) is 18.3 Å². The van der Waals surface area contributed by atoms with Crippen molar-refractivity contribution in [3.05, 3.63) is 34.7 Å². The van der Waals surface area contributed by atoms with Crippen LogP contribution in [0.3, 0.4) is 0 Å². The molecule has 2 nitrogen and oxygen atoms in total. The predicted octanol–water partition coefficient (Wildman–Crippen LogP) is 0.654. The van der Waals surface area contributed by atoms with Crippen LogP contribution in [0.4, 0.5) is 0 Å². The first-order valence-corrected chi connectivity index (χ1v) is 2.94. The first-order valence-electron chi connectivity index (χ1n) is 2.47. The van der Waals surface area contributed by atoms with Crippen molar-refractivity contribution in [2.24, 2.45) is 0 Å². The summed E-state index contributed by atoms with van der Waals surface area (Å²) in [7, 11) is 0. The second-order valence-electron chi connectivity index (χ2n) is 1.55. The smallest absolute Gasteiger partial charge is 0.255 e. The van der Waals surface area contributed by atoms with E-state index < -0.39 is 0 Å². The Kier molecular flexibility index (Phi) is 1.75. The highest BCUT2D eigenvalue weighted by Gasteiger charge is 1.83. The van der Waals surface area contributed by atoms with Crippen molar-refractivity contribution in [1.29, 1.82) is 0 Å². The van der Waals surface area contributed by atoms with Gasteiger partial charge in [-0.2, -0.15) is 0 Å². The van der Waals surface area contributed by atoms with Gasteiger partial charge in [0.15, 0.2) is 0 Å². The molecule has 0 saturated heterocycles. The van der Waals surface area contributed by atoms with E-state index in [4.69, 9.17) is 0 Å². The molecule has 0 unspecified atom stereocenters. The van der Waals surface area contributed by atoms with Gasteiger partial charge in [0.1, 0.15) is 0 Å². The normalized spacial score (nSPS) is 8.89. The summed E-state index contributed by atoms with van der Waals surface area (Å²) in [5.74, 6) is 0. The van der Waals surface area contributed by atoms with Gasteiger partial charge in [-0.05, 0) is 6.07 Å². The molecule has 0 saturated carbocycles. The molecule has 0 radical (unpaired) electrons. The van der Waals surface area contributed by atoms with Gasteiger partial charge in [0.2, 0.25) is 0 Å². The number of hydrogen-bond acceptors (Lipinski definition) is 2. The number of nitrogens with zero attached hydrogens (tertiary/aromatic N) is 1. The Morgan fingerprint density at radius 1 is 1.56 bits per heavy atom. The lowest BCUT2D eigenvalue weighted by atomic mass is 10.5. The zero-order valence-electron chi connectivity index (χ0n) is 4.65. The minimum atomic E-state index is -0.0903. The molecule has 0 aliphatic carbocycles. The third kappa shape index (κ3) is 1.23.